The van der Waals surface area contributed by atoms with Gasteiger partial charge in [0.2, 0.25) is 0 Å². The zero-order valence-corrected chi connectivity index (χ0v) is 24.6. The molecular weight excluding hydrogens is 619 g/mol. The summed E-state index contributed by atoms with van der Waals surface area (Å²) in [5.41, 5.74) is -0.377. The van der Waals surface area contributed by atoms with Gasteiger partial charge in [0.1, 0.15) is 34.0 Å². The van der Waals surface area contributed by atoms with E-state index in [-0.39, 0.29) is 59.2 Å². The molecule has 1 aliphatic heterocycles. The van der Waals surface area contributed by atoms with Crippen molar-refractivity contribution in [3.63, 3.8) is 0 Å². The number of rotatable bonds is 10. The van der Waals surface area contributed by atoms with Gasteiger partial charge in [0, 0.05) is 30.9 Å². The Kier molecular flexibility index (Phi) is 9.82. The molecule has 3 N–H and O–H groups in total. The van der Waals surface area contributed by atoms with Crippen LogP contribution in [0.1, 0.15) is 48.6 Å². The van der Waals surface area contributed by atoms with E-state index in [1.54, 1.807) is 0 Å². The molecule has 0 radical (unpaired) electrons. The Morgan fingerprint density at radius 1 is 1.26 bits per heavy atom. The summed E-state index contributed by atoms with van der Waals surface area (Å²) in [4.78, 5) is 13.0. The normalized spacial score (nSPS) is 15.3. The fourth-order valence-electron chi connectivity index (χ4n) is 4.96. The Morgan fingerprint density at radius 3 is 2.58 bits per heavy atom. The van der Waals surface area contributed by atoms with Gasteiger partial charge in [-0.3, -0.25) is 9.48 Å². The summed E-state index contributed by atoms with van der Waals surface area (Å²) in [5, 5.41) is 25.9. The molecule has 2 heterocycles. The van der Waals surface area contributed by atoms with E-state index in [2.05, 4.69) is 10.4 Å². The van der Waals surface area contributed by atoms with Gasteiger partial charge in [-0.25, -0.2) is 8.78 Å². The molecule has 2 aromatic carbocycles. The summed E-state index contributed by atoms with van der Waals surface area (Å²) in [6.45, 7) is 4.01. The maximum absolute atomic E-state index is 14.3. The predicted molar refractivity (Wildman–Crippen MR) is 154 cm³/mol. The van der Waals surface area contributed by atoms with Crippen LogP contribution in [0.2, 0.25) is 5.02 Å². The first kappa shape index (κ1) is 32.4. The number of hydrogen-bond acceptors (Lipinski definition) is 6. The van der Waals surface area contributed by atoms with E-state index in [1.807, 2.05) is 13.8 Å². The van der Waals surface area contributed by atoms with Crippen LogP contribution in [0.5, 0.6) is 5.75 Å². The molecule has 0 bridgehead atoms. The van der Waals surface area contributed by atoms with Crippen LogP contribution in [0.3, 0.4) is 0 Å². The third-order valence-corrected chi connectivity index (χ3v) is 7.50. The van der Waals surface area contributed by atoms with Crippen molar-refractivity contribution in [1.82, 2.24) is 9.78 Å². The van der Waals surface area contributed by atoms with Crippen LogP contribution >= 0.6 is 23.8 Å². The summed E-state index contributed by atoms with van der Waals surface area (Å²) in [6.07, 6.45) is -4.37. The fraction of sp³-hybridized carbons (Fsp3) is 0.393. The molecule has 15 heteroatoms. The van der Waals surface area contributed by atoms with E-state index < -0.39 is 47.6 Å². The number of benzene rings is 2. The number of β-amino-alcohol motifs (C(OH)–C–C–N with tert-alkyl or cyclic N) is 1. The van der Waals surface area contributed by atoms with E-state index in [1.165, 1.54) is 15.8 Å². The Hall–Kier alpha value is -3.49. The highest BCUT2D eigenvalue weighted by Gasteiger charge is 2.36. The van der Waals surface area contributed by atoms with Gasteiger partial charge in [-0.05, 0) is 30.0 Å². The Morgan fingerprint density at radius 2 is 1.98 bits per heavy atom. The molecule has 3 aromatic rings. The second kappa shape index (κ2) is 13.0. The number of aliphatic hydroxyl groups excluding tert-OH is 1. The number of aromatic nitrogens is 2. The van der Waals surface area contributed by atoms with Crippen LogP contribution < -0.4 is 15.0 Å². The molecule has 232 valence electrons. The second-order valence-corrected chi connectivity index (χ2v) is 11.1. The molecule has 4 rings (SSSR count). The summed E-state index contributed by atoms with van der Waals surface area (Å²) >= 11 is 11.4. The summed E-state index contributed by atoms with van der Waals surface area (Å²) < 4.78 is 77.0. The minimum absolute atomic E-state index is 0.0795. The molecule has 1 fully saturated rings. The number of aliphatic carboxylic acids is 1. The van der Waals surface area contributed by atoms with Crippen LogP contribution in [-0.2, 0) is 23.9 Å². The van der Waals surface area contributed by atoms with Crippen molar-refractivity contribution in [2.45, 2.75) is 51.4 Å². The summed E-state index contributed by atoms with van der Waals surface area (Å²) in [5.74, 6) is -3.48. The van der Waals surface area contributed by atoms with E-state index in [4.69, 9.17) is 28.6 Å². The maximum Gasteiger partial charge on any atom is 0.418 e. The van der Waals surface area contributed by atoms with Crippen LogP contribution in [0.4, 0.5) is 33.3 Å². The lowest BCUT2D eigenvalue weighted by Gasteiger charge is -2.25. The quantitative estimate of drug-likeness (QED) is 0.140. The highest BCUT2D eigenvalue weighted by atomic mass is 35.5. The third kappa shape index (κ3) is 7.54. The first-order chi connectivity index (χ1) is 20.1. The predicted octanol–water partition coefficient (Wildman–Crippen LogP) is 6.02. The minimum Gasteiger partial charge on any atom is -0.490 e. The number of carboxylic acids is 1. The molecule has 0 saturated carbocycles. The van der Waals surface area contributed by atoms with Crippen molar-refractivity contribution in [2.75, 3.05) is 29.9 Å². The van der Waals surface area contributed by atoms with Gasteiger partial charge in [0.05, 0.1) is 47.8 Å². The number of anilines is 2. The average molecular weight is 647 g/mol. The van der Waals surface area contributed by atoms with Crippen LogP contribution in [0, 0.1) is 11.6 Å². The second-order valence-electron chi connectivity index (χ2n) is 10.3. The van der Waals surface area contributed by atoms with Gasteiger partial charge in [0.15, 0.2) is 0 Å². The summed E-state index contributed by atoms with van der Waals surface area (Å²) in [7, 11) is 0. The van der Waals surface area contributed by atoms with Crippen molar-refractivity contribution >= 4 is 46.2 Å². The van der Waals surface area contributed by atoms with Crippen molar-refractivity contribution in [3.8, 4) is 5.75 Å². The average Bonchev–Trinajstić information content (AvgIpc) is 3.52. The number of alkyl halides is 3. The molecule has 0 aliphatic carbocycles. The number of nitrogens with one attached hydrogen (secondary N) is 1. The zero-order chi connectivity index (χ0) is 31.6. The largest absolute Gasteiger partial charge is 0.490 e. The van der Waals surface area contributed by atoms with Crippen LogP contribution in [0.15, 0.2) is 30.5 Å². The monoisotopic (exact) mass is 646 g/mol. The maximum atomic E-state index is 14.3. The first-order valence-corrected chi connectivity index (χ1v) is 14.0. The van der Waals surface area contributed by atoms with Crippen molar-refractivity contribution in [2.24, 2.45) is 0 Å². The van der Waals surface area contributed by atoms with Gasteiger partial charge in [-0.15, -0.1) is 0 Å². The van der Waals surface area contributed by atoms with E-state index in [0.717, 1.165) is 18.2 Å². The Balaban J connectivity index is 1.62. The molecule has 1 aromatic heterocycles. The number of halogens is 6. The lowest BCUT2D eigenvalue weighted by Crippen LogP contribution is -2.25. The molecular formula is C28H28ClF5N4O4S. The van der Waals surface area contributed by atoms with Gasteiger partial charge < -0.3 is 25.2 Å². The van der Waals surface area contributed by atoms with E-state index in [9.17, 15) is 37.0 Å². The molecule has 0 unspecified atom stereocenters. The minimum atomic E-state index is -4.81. The number of thiocarbonyl (C=S) groups is 1. The van der Waals surface area contributed by atoms with Crippen molar-refractivity contribution in [3.05, 3.63) is 69.5 Å². The van der Waals surface area contributed by atoms with Crippen molar-refractivity contribution in [1.29, 1.82) is 0 Å². The molecule has 0 amide bonds. The zero-order valence-electron chi connectivity index (χ0n) is 23.0. The first-order valence-electron chi connectivity index (χ1n) is 13.2. The molecule has 1 atom stereocenters. The van der Waals surface area contributed by atoms with Crippen LogP contribution in [0.25, 0.3) is 0 Å². The summed E-state index contributed by atoms with van der Waals surface area (Å²) in [6, 6.07) is 3.57. The Bertz CT molecular complexity index is 1530. The number of ether oxygens (including phenoxy) is 1. The van der Waals surface area contributed by atoms with Gasteiger partial charge in [0.25, 0.3) is 0 Å². The molecule has 8 nitrogen and oxygen atoms in total. The van der Waals surface area contributed by atoms with Crippen LogP contribution in [-0.4, -0.2) is 56.8 Å². The number of hydrogen-bond donors (Lipinski definition) is 3. The lowest BCUT2D eigenvalue weighted by molar-refractivity contribution is -0.137. The van der Waals surface area contributed by atoms with Gasteiger partial charge in [-0.2, -0.15) is 18.3 Å². The third-order valence-electron chi connectivity index (χ3n) is 6.81. The topological polar surface area (TPSA) is 99.9 Å². The highest BCUT2D eigenvalue weighted by molar-refractivity contribution is 7.81. The SMILES string of the molecule is CC(C)c1c(C(=S)Nc2cc(CC(=O)O)c(N3CC[C@@H](O)C3)cc2C(F)(F)F)cnn1CCOc1cc(F)cc(F)c1Cl. The Labute approximate surface area is 254 Å². The molecule has 1 saturated heterocycles. The van der Waals surface area contributed by atoms with Gasteiger partial charge in [-0.1, -0.05) is 37.7 Å². The van der Waals surface area contributed by atoms with Gasteiger partial charge >= 0.3 is 12.1 Å². The van der Waals surface area contributed by atoms with E-state index >= 15 is 0 Å². The number of carbonyl (C=O) groups is 1. The lowest BCUT2D eigenvalue weighted by atomic mass is 10.0. The molecule has 43 heavy (non-hydrogen) atoms. The number of carboxylic acid groups (broad SMARTS) is 1. The fourth-order valence-corrected chi connectivity index (χ4v) is 5.39. The number of nitrogens with zero attached hydrogens (tertiary/aromatic N) is 3. The highest BCUT2D eigenvalue weighted by Crippen LogP contribution is 2.40. The number of aliphatic hydroxyl groups is 1. The smallest absolute Gasteiger partial charge is 0.418 e. The molecule has 1 aliphatic rings. The molecule has 0 spiro atoms. The standard InChI is InChI=1S/C28H28ClF5N4O4S/c1-14(2)26-18(12-35-38(26)5-6-42-23-10-16(30)9-20(31)25(23)29)27(43)36-21-7-15(8-24(40)41)22(11-19(21)28(32,33)34)37-4-3-17(39)13-37/h7,9-12,14,17,39H,3-6,8,13H2,1-2H3,(H,36,43)(H,40,41)/t17-/m1/s1. The van der Waals surface area contributed by atoms with E-state index in [0.29, 0.717) is 23.7 Å². The van der Waals surface area contributed by atoms with Crippen molar-refractivity contribution < 1.29 is 41.7 Å².